The third-order valence-electron chi connectivity index (χ3n) is 5.80. The van der Waals surface area contributed by atoms with Crippen molar-refractivity contribution in [3.05, 3.63) is 60.3 Å². The van der Waals surface area contributed by atoms with Crippen LogP contribution >= 0.6 is 0 Å². The van der Waals surface area contributed by atoms with Crippen LogP contribution in [-0.4, -0.2) is 36.4 Å². The molecule has 29 heavy (non-hydrogen) atoms. The Bertz CT molecular complexity index is 1150. The Labute approximate surface area is 171 Å². The van der Waals surface area contributed by atoms with Gasteiger partial charge in [0.2, 0.25) is 15.7 Å². The molecule has 0 N–H and O–H groups in total. The van der Waals surface area contributed by atoms with Gasteiger partial charge in [0.15, 0.2) is 0 Å². The first-order valence-electron chi connectivity index (χ1n) is 10.1. The number of aryl methyl sites for hydroxylation is 1. The van der Waals surface area contributed by atoms with Crippen LogP contribution in [0.15, 0.2) is 64.5 Å². The molecule has 6 heteroatoms. The largest absolute Gasteiger partial charge is 0.338 e. The summed E-state index contributed by atoms with van der Waals surface area (Å²) in [5.74, 6) is 0.0391. The molecular weight excluding hydrogens is 384 g/mol. The van der Waals surface area contributed by atoms with Crippen molar-refractivity contribution >= 4 is 26.6 Å². The predicted octanol–water partition coefficient (Wildman–Crippen LogP) is 4.18. The predicted molar refractivity (Wildman–Crippen MR) is 114 cm³/mol. The average Bonchev–Trinajstić information content (AvgIpc) is 3.08. The van der Waals surface area contributed by atoms with Gasteiger partial charge in [-0.3, -0.25) is 4.79 Å². The highest BCUT2D eigenvalue weighted by Gasteiger charge is 2.26. The normalized spacial score (nSPS) is 17.6. The van der Waals surface area contributed by atoms with Gasteiger partial charge in [-0.25, -0.2) is 8.42 Å². The van der Waals surface area contributed by atoms with E-state index >= 15 is 0 Å². The summed E-state index contributed by atoms with van der Waals surface area (Å²) in [4.78, 5) is 15.4. The molecule has 1 atom stereocenters. The first-order chi connectivity index (χ1) is 13.9. The number of sulfone groups is 1. The Hall–Kier alpha value is -2.60. The molecule has 0 saturated carbocycles. The van der Waals surface area contributed by atoms with E-state index in [9.17, 15) is 13.2 Å². The number of benzene rings is 2. The maximum atomic E-state index is 13.3. The quantitative estimate of drug-likeness (QED) is 0.648. The summed E-state index contributed by atoms with van der Waals surface area (Å²) < 4.78 is 28.4. The SMILES string of the molecule is Cc1ccc(S(=O)(=O)c2cn(CC(=O)N3CCCCC3C)c3ccccc23)cc1. The molecule has 3 aromatic rings. The molecule has 1 aliphatic rings. The van der Waals surface area contributed by atoms with Crippen LogP contribution in [0.5, 0.6) is 0 Å². The van der Waals surface area contributed by atoms with Crippen LogP contribution in [-0.2, 0) is 21.2 Å². The third-order valence-corrected chi connectivity index (χ3v) is 7.60. The molecular formula is C23H26N2O3S. The Kier molecular flexibility index (Phi) is 5.21. The van der Waals surface area contributed by atoms with Gasteiger partial charge in [0, 0.05) is 29.7 Å². The van der Waals surface area contributed by atoms with E-state index in [2.05, 4.69) is 6.92 Å². The summed E-state index contributed by atoms with van der Waals surface area (Å²) in [5, 5.41) is 0.646. The first kappa shape index (κ1) is 19.7. The summed E-state index contributed by atoms with van der Waals surface area (Å²) in [6, 6.07) is 14.5. The Morgan fingerprint density at radius 2 is 1.79 bits per heavy atom. The van der Waals surface area contributed by atoms with Crippen molar-refractivity contribution in [3.63, 3.8) is 0 Å². The van der Waals surface area contributed by atoms with Crippen molar-refractivity contribution in [1.82, 2.24) is 9.47 Å². The van der Waals surface area contributed by atoms with Crippen LogP contribution < -0.4 is 0 Å². The van der Waals surface area contributed by atoms with Crippen molar-refractivity contribution in [2.75, 3.05) is 6.54 Å². The number of hydrogen-bond acceptors (Lipinski definition) is 3. The standard InChI is InChI=1S/C23H26N2O3S/c1-17-10-12-19(13-11-17)29(27,28)22-15-24(21-9-4-3-8-20(21)22)16-23(26)25-14-6-5-7-18(25)2/h3-4,8-13,15,18H,5-7,14,16H2,1-2H3. The number of piperidine rings is 1. The third kappa shape index (κ3) is 3.69. The van der Waals surface area contributed by atoms with Crippen molar-refractivity contribution in [3.8, 4) is 0 Å². The van der Waals surface area contributed by atoms with Gasteiger partial charge in [0.1, 0.15) is 6.54 Å². The second-order valence-electron chi connectivity index (χ2n) is 7.89. The van der Waals surface area contributed by atoms with Gasteiger partial charge in [-0.2, -0.15) is 0 Å². The average molecular weight is 411 g/mol. The second kappa shape index (κ2) is 7.67. The summed E-state index contributed by atoms with van der Waals surface area (Å²) in [5.41, 5.74) is 1.77. The van der Waals surface area contributed by atoms with E-state index in [-0.39, 0.29) is 28.3 Å². The first-order valence-corrected chi connectivity index (χ1v) is 11.6. The fraction of sp³-hybridized carbons (Fsp3) is 0.348. The smallest absolute Gasteiger partial charge is 0.242 e. The molecule has 0 radical (unpaired) electrons. The monoisotopic (exact) mass is 410 g/mol. The van der Waals surface area contributed by atoms with Crippen LogP contribution in [0.4, 0.5) is 0 Å². The topological polar surface area (TPSA) is 59.4 Å². The maximum Gasteiger partial charge on any atom is 0.242 e. The van der Waals surface area contributed by atoms with Crippen LogP contribution in [0, 0.1) is 6.92 Å². The summed E-state index contributed by atoms with van der Waals surface area (Å²) in [6.45, 7) is 4.93. The van der Waals surface area contributed by atoms with E-state index in [1.165, 1.54) is 0 Å². The lowest BCUT2D eigenvalue weighted by Crippen LogP contribution is -2.43. The summed E-state index contributed by atoms with van der Waals surface area (Å²) >= 11 is 0. The van der Waals surface area contributed by atoms with Gasteiger partial charge in [-0.15, -0.1) is 0 Å². The molecule has 1 aromatic heterocycles. The van der Waals surface area contributed by atoms with Crippen LogP contribution in [0.2, 0.25) is 0 Å². The zero-order chi connectivity index (χ0) is 20.6. The van der Waals surface area contributed by atoms with E-state index in [1.807, 2.05) is 30.0 Å². The number of carbonyl (C=O) groups excluding carboxylic acids is 1. The van der Waals surface area contributed by atoms with E-state index in [0.717, 1.165) is 36.9 Å². The molecule has 0 aliphatic carbocycles. The minimum Gasteiger partial charge on any atom is -0.338 e. The van der Waals surface area contributed by atoms with E-state index < -0.39 is 9.84 Å². The Balaban J connectivity index is 1.74. The number of fused-ring (bicyclic) bond motifs is 1. The number of aromatic nitrogens is 1. The zero-order valence-corrected chi connectivity index (χ0v) is 17.7. The number of rotatable bonds is 4. The van der Waals surface area contributed by atoms with Gasteiger partial charge in [-0.1, -0.05) is 35.9 Å². The number of likely N-dealkylation sites (tertiary alicyclic amines) is 1. The maximum absolute atomic E-state index is 13.3. The second-order valence-corrected chi connectivity index (χ2v) is 9.80. The molecule has 1 saturated heterocycles. The Morgan fingerprint density at radius 3 is 2.52 bits per heavy atom. The lowest BCUT2D eigenvalue weighted by atomic mass is 10.0. The number of para-hydroxylation sites is 1. The highest BCUT2D eigenvalue weighted by atomic mass is 32.2. The fourth-order valence-electron chi connectivity index (χ4n) is 4.11. The summed E-state index contributed by atoms with van der Waals surface area (Å²) in [7, 11) is -3.68. The van der Waals surface area contributed by atoms with Gasteiger partial charge < -0.3 is 9.47 Å². The van der Waals surface area contributed by atoms with Gasteiger partial charge in [0.25, 0.3) is 0 Å². The van der Waals surface area contributed by atoms with Crippen molar-refractivity contribution < 1.29 is 13.2 Å². The molecule has 2 aromatic carbocycles. The van der Waals surface area contributed by atoms with Crippen molar-refractivity contribution in [1.29, 1.82) is 0 Å². The highest BCUT2D eigenvalue weighted by Crippen LogP contribution is 2.30. The molecule has 1 fully saturated rings. The lowest BCUT2D eigenvalue weighted by Gasteiger charge is -2.33. The van der Waals surface area contributed by atoms with Crippen LogP contribution in [0.3, 0.4) is 0 Å². The van der Waals surface area contributed by atoms with Gasteiger partial charge >= 0.3 is 0 Å². The van der Waals surface area contributed by atoms with Crippen molar-refractivity contribution in [2.24, 2.45) is 0 Å². The lowest BCUT2D eigenvalue weighted by molar-refractivity contribution is -0.135. The molecule has 152 valence electrons. The zero-order valence-electron chi connectivity index (χ0n) is 16.8. The molecule has 2 heterocycles. The molecule has 0 bridgehead atoms. The Morgan fingerprint density at radius 1 is 1.07 bits per heavy atom. The molecule has 0 spiro atoms. The van der Waals surface area contributed by atoms with E-state index in [4.69, 9.17) is 0 Å². The number of nitrogens with zero attached hydrogens (tertiary/aromatic N) is 2. The van der Waals surface area contributed by atoms with Gasteiger partial charge in [0.05, 0.1) is 9.79 Å². The van der Waals surface area contributed by atoms with Crippen molar-refractivity contribution in [2.45, 2.75) is 55.5 Å². The van der Waals surface area contributed by atoms with Crippen LogP contribution in [0.1, 0.15) is 31.7 Å². The highest BCUT2D eigenvalue weighted by molar-refractivity contribution is 7.91. The number of carbonyl (C=O) groups is 1. The minimum atomic E-state index is -3.68. The number of amides is 1. The van der Waals surface area contributed by atoms with Gasteiger partial charge in [-0.05, 0) is 51.3 Å². The van der Waals surface area contributed by atoms with Crippen LogP contribution in [0.25, 0.3) is 10.9 Å². The molecule has 1 unspecified atom stereocenters. The van der Waals surface area contributed by atoms with E-state index in [0.29, 0.717) is 5.39 Å². The molecule has 4 rings (SSSR count). The molecule has 5 nitrogen and oxygen atoms in total. The van der Waals surface area contributed by atoms with E-state index in [1.54, 1.807) is 41.1 Å². The summed E-state index contributed by atoms with van der Waals surface area (Å²) in [6.07, 6.45) is 4.81. The molecule has 1 amide bonds. The fourth-order valence-corrected chi connectivity index (χ4v) is 5.58. The minimum absolute atomic E-state index is 0.0391. The number of hydrogen-bond donors (Lipinski definition) is 0. The molecule has 1 aliphatic heterocycles.